The molecule has 2 aliphatic rings. The Kier molecular flexibility index (Phi) is 3.18. The molecule has 0 bridgehead atoms. The topological polar surface area (TPSA) is 64.4 Å². The highest BCUT2D eigenvalue weighted by molar-refractivity contribution is 5.93. The SMILES string of the molecule is CC1(C)Cc2cc(CNC(=O)c3ncoc3C3CC3)ccc2O1. The number of ether oxygens (including phenoxy) is 1. The Morgan fingerprint density at radius 3 is 3.00 bits per heavy atom. The zero-order valence-corrected chi connectivity index (χ0v) is 13.4. The van der Waals surface area contributed by atoms with E-state index >= 15 is 0 Å². The molecule has 0 spiro atoms. The lowest BCUT2D eigenvalue weighted by Crippen LogP contribution is -2.24. The average molecular weight is 312 g/mol. The molecule has 1 fully saturated rings. The number of hydrogen-bond donors (Lipinski definition) is 1. The second-order valence-electron chi connectivity index (χ2n) is 7.00. The second kappa shape index (κ2) is 5.11. The zero-order chi connectivity index (χ0) is 16.0. The fraction of sp³-hybridized carbons (Fsp3) is 0.444. The lowest BCUT2D eigenvalue weighted by Gasteiger charge is -2.16. The summed E-state index contributed by atoms with van der Waals surface area (Å²) in [6.07, 6.45) is 4.41. The van der Waals surface area contributed by atoms with Crippen molar-refractivity contribution in [1.82, 2.24) is 10.3 Å². The van der Waals surface area contributed by atoms with Crippen LogP contribution in [0.15, 0.2) is 29.0 Å². The predicted octanol–water partition coefficient (Wildman–Crippen LogP) is 3.20. The summed E-state index contributed by atoms with van der Waals surface area (Å²) in [5, 5.41) is 2.93. The molecule has 0 saturated heterocycles. The molecule has 1 aromatic heterocycles. The van der Waals surface area contributed by atoms with E-state index in [1.807, 2.05) is 12.1 Å². The van der Waals surface area contributed by atoms with E-state index in [9.17, 15) is 4.79 Å². The van der Waals surface area contributed by atoms with Crippen molar-refractivity contribution in [1.29, 1.82) is 0 Å². The largest absolute Gasteiger partial charge is 0.487 e. The van der Waals surface area contributed by atoms with Gasteiger partial charge < -0.3 is 14.5 Å². The van der Waals surface area contributed by atoms with E-state index in [0.29, 0.717) is 18.2 Å². The molecular weight excluding hydrogens is 292 g/mol. The highest BCUT2D eigenvalue weighted by Crippen LogP contribution is 2.41. The first-order valence-electron chi connectivity index (χ1n) is 8.04. The maximum atomic E-state index is 12.3. The predicted molar refractivity (Wildman–Crippen MR) is 84.5 cm³/mol. The summed E-state index contributed by atoms with van der Waals surface area (Å²) in [7, 11) is 0. The summed E-state index contributed by atoms with van der Waals surface area (Å²) < 4.78 is 11.2. The summed E-state index contributed by atoms with van der Waals surface area (Å²) in [6.45, 7) is 4.64. The molecule has 1 saturated carbocycles. The molecule has 2 aromatic rings. The van der Waals surface area contributed by atoms with Crippen LogP contribution in [0.5, 0.6) is 5.75 Å². The van der Waals surface area contributed by atoms with E-state index in [4.69, 9.17) is 9.15 Å². The third-order valence-electron chi connectivity index (χ3n) is 4.34. The molecule has 5 heteroatoms. The lowest BCUT2D eigenvalue weighted by molar-refractivity contribution is 0.0944. The summed E-state index contributed by atoms with van der Waals surface area (Å²) in [5.74, 6) is 1.87. The number of benzene rings is 1. The summed E-state index contributed by atoms with van der Waals surface area (Å²) in [4.78, 5) is 16.4. The van der Waals surface area contributed by atoms with Crippen LogP contribution in [-0.4, -0.2) is 16.5 Å². The Morgan fingerprint density at radius 1 is 1.39 bits per heavy atom. The highest BCUT2D eigenvalue weighted by atomic mass is 16.5. The van der Waals surface area contributed by atoms with Crippen LogP contribution in [0.1, 0.15) is 60.0 Å². The Balaban J connectivity index is 1.43. The molecule has 0 radical (unpaired) electrons. The van der Waals surface area contributed by atoms with Gasteiger partial charge in [0.1, 0.15) is 17.1 Å². The van der Waals surface area contributed by atoms with Gasteiger partial charge in [0.2, 0.25) is 0 Å². The molecule has 0 atom stereocenters. The smallest absolute Gasteiger partial charge is 0.273 e. The molecule has 1 aliphatic carbocycles. The first kappa shape index (κ1) is 14.3. The van der Waals surface area contributed by atoms with Crippen LogP contribution in [0, 0.1) is 0 Å². The molecule has 5 nitrogen and oxygen atoms in total. The van der Waals surface area contributed by atoms with Crippen molar-refractivity contribution in [2.75, 3.05) is 0 Å². The van der Waals surface area contributed by atoms with Crippen molar-refractivity contribution in [3.63, 3.8) is 0 Å². The van der Waals surface area contributed by atoms with Gasteiger partial charge in [0.05, 0.1) is 0 Å². The molecular formula is C18H20N2O3. The van der Waals surface area contributed by atoms with Crippen molar-refractivity contribution in [3.8, 4) is 5.75 Å². The average Bonchev–Trinajstić information content (AvgIpc) is 3.13. The summed E-state index contributed by atoms with van der Waals surface area (Å²) >= 11 is 0. The Labute approximate surface area is 135 Å². The minimum absolute atomic E-state index is 0.149. The minimum Gasteiger partial charge on any atom is -0.487 e. The number of amides is 1. The number of oxazole rings is 1. The van der Waals surface area contributed by atoms with Gasteiger partial charge >= 0.3 is 0 Å². The molecule has 23 heavy (non-hydrogen) atoms. The Morgan fingerprint density at radius 2 is 2.22 bits per heavy atom. The van der Waals surface area contributed by atoms with E-state index in [0.717, 1.165) is 36.3 Å². The van der Waals surface area contributed by atoms with E-state index in [1.165, 1.54) is 12.0 Å². The fourth-order valence-electron chi connectivity index (χ4n) is 3.10. The lowest BCUT2D eigenvalue weighted by atomic mass is 10.0. The highest BCUT2D eigenvalue weighted by Gasteiger charge is 2.32. The normalized spacial score (nSPS) is 18.3. The van der Waals surface area contributed by atoms with Crippen LogP contribution in [0.4, 0.5) is 0 Å². The number of hydrogen-bond acceptors (Lipinski definition) is 4. The number of rotatable bonds is 4. The van der Waals surface area contributed by atoms with Crippen LogP contribution >= 0.6 is 0 Å². The molecule has 1 amide bonds. The fourth-order valence-corrected chi connectivity index (χ4v) is 3.10. The van der Waals surface area contributed by atoms with Crippen molar-refractivity contribution >= 4 is 5.91 Å². The standard InChI is InChI=1S/C18H20N2O3/c1-18(2)8-13-7-11(3-6-14(13)23-18)9-19-17(21)15-16(12-4-5-12)22-10-20-15/h3,6-7,10,12H,4-5,8-9H2,1-2H3,(H,19,21). The first-order chi connectivity index (χ1) is 11.0. The molecule has 120 valence electrons. The Hall–Kier alpha value is -2.30. The number of carbonyl (C=O) groups excluding carboxylic acids is 1. The van der Waals surface area contributed by atoms with Gasteiger partial charge in [0.25, 0.3) is 5.91 Å². The van der Waals surface area contributed by atoms with Crippen molar-refractivity contribution in [2.45, 2.75) is 51.2 Å². The van der Waals surface area contributed by atoms with E-state index in [-0.39, 0.29) is 11.5 Å². The number of nitrogens with zero attached hydrogens (tertiary/aromatic N) is 1. The molecule has 1 aromatic carbocycles. The van der Waals surface area contributed by atoms with E-state index in [1.54, 1.807) is 0 Å². The van der Waals surface area contributed by atoms with Gasteiger partial charge in [-0.15, -0.1) is 0 Å². The van der Waals surface area contributed by atoms with Crippen molar-refractivity contribution in [2.24, 2.45) is 0 Å². The van der Waals surface area contributed by atoms with Gasteiger partial charge in [0.15, 0.2) is 12.1 Å². The van der Waals surface area contributed by atoms with Gasteiger partial charge in [-0.3, -0.25) is 4.79 Å². The molecule has 2 heterocycles. The number of nitrogens with one attached hydrogen (secondary N) is 1. The van der Waals surface area contributed by atoms with Crippen LogP contribution in [0.3, 0.4) is 0 Å². The van der Waals surface area contributed by atoms with Crippen molar-refractivity contribution in [3.05, 3.63) is 47.2 Å². The van der Waals surface area contributed by atoms with Gasteiger partial charge in [-0.25, -0.2) is 4.98 Å². The number of carbonyl (C=O) groups is 1. The number of aromatic nitrogens is 1. The third kappa shape index (κ3) is 2.83. The minimum atomic E-state index is -0.169. The monoisotopic (exact) mass is 312 g/mol. The molecule has 1 N–H and O–H groups in total. The van der Waals surface area contributed by atoms with E-state index < -0.39 is 0 Å². The number of fused-ring (bicyclic) bond motifs is 1. The maximum Gasteiger partial charge on any atom is 0.273 e. The van der Waals surface area contributed by atoms with Gasteiger partial charge in [-0.05, 0) is 43.9 Å². The van der Waals surface area contributed by atoms with Crippen molar-refractivity contribution < 1.29 is 13.9 Å². The molecule has 0 unspecified atom stereocenters. The zero-order valence-electron chi connectivity index (χ0n) is 13.4. The molecule has 4 rings (SSSR count). The van der Waals surface area contributed by atoms with E-state index in [2.05, 4.69) is 30.2 Å². The first-order valence-corrected chi connectivity index (χ1v) is 8.04. The summed E-state index contributed by atoms with van der Waals surface area (Å²) in [6, 6.07) is 6.08. The van der Waals surface area contributed by atoms with Crippen LogP contribution < -0.4 is 10.1 Å². The quantitative estimate of drug-likeness (QED) is 0.941. The van der Waals surface area contributed by atoms with Crippen LogP contribution in [-0.2, 0) is 13.0 Å². The van der Waals surface area contributed by atoms with Crippen LogP contribution in [0.2, 0.25) is 0 Å². The summed E-state index contributed by atoms with van der Waals surface area (Å²) in [5.41, 5.74) is 2.54. The second-order valence-corrected chi connectivity index (χ2v) is 7.00. The maximum absolute atomic E-state index is 12.3. The third-order valence-corrected chi connectivity index (χ3v) is 4.34. The van der Waals surface area contributed by atoms with Gasteiger partial charge in [-0.2, -0.15) is 0 Å². The molecule has 1 aliphatic heterocycles. The Bertz CT molecular complexity index is 759. The van der Waals surface area contributed by atoms with Gasteiger partial charge in [-0.1, -0.05) is 12.1 Å². The van der Waals surface area contributed by atoms with Gasteiger partial charge in [0, 0.05) is 18.9 Å². The van der Waals surface area contributed by atoms with Crippen LogP contribution in [0.25, 0.3) is 0 Å².